The van der Waals surface area contributed by atoms with Gasteiger partial charge in [-0.2, -0.15) is 0 Å². The van der Waals surface area contributed by atoms with Crippen LogP contribution in [0.3, 0.4) is 0 Å². The van der Waals surface area contributed by atoms with Gasteiger partial charge in [-0.25, -0.2) is 9.78 Å². The van der Waals surface area contributed by atoms with Crippen LogP contribution in [0.25, 0.3) is 0 Å². The number of nitrogens with zero attached hydrogens (tertiary/aromatic N) is 2. The van der Waals surface area contributed by atoms with Crippen molar-refractivity contribution in [3.63, 3.8) is 0 Å². The topological polar surface area (TPSA) is 130 Å². The van der Waals surface area contributed by atoms with Crippen molar-refractivity contribution < 1.29 is 29.0 Å². The highest BCUT2D eigenvalue weighted by Crippen LogP contribution is 2.39. The van der Waals surface area contributed by atoms with Crippen molar-refractivity contribution in [3.8, 4) is 11.5 Å². The molecule has 1 aliphatic carbocycles. The molecule has 2 aliphatic rings. The zero-order chi connectivity index (χ0) is 23.5. The molecule has 1 saturated heterocycles. The molecule has 11 heteroatoms. The monoisotopic (exact) mass is 474 g/mol. The molecule has 2 heterocycles. The summed E-state index contributed by atoms with van der Waals surface area (Å²) in [6, 6.07) is 4.87. The molecule has 4 rings (SSSR count). The van der Waals surface area contributed by atoms with Crippen LogP contribution in [-0.2, 0) is 11.3 Å². The number of amides is 3. The molecule has 176 valence electrons. The number of aromatic nitrogens is 1. The van der Waals surface area contributed by atoms with Crippen LogP contribution in [-0.4, -0.2) is 53.7 Å². The lowest BCUT2D eigenvalue weighted by Gasteiger charge is -2.18. The van der Waals surface area contributed by atoms with Crippen LogP contribution in [0.1, 0.15) is 52.8 Å². The smallest absolute Gasteiger partial charge is 0.407 e. The van der Waals surface area contributed by atoms with Crippen molar-refractivity contribution >= 4 is 34.2 Å². The fourth-order valence-corrected chi connectivity index (χ4v) is 4.90. The number of likely N-dealkylation sites (tertiary alicyclic amines) is 1. The second-order valence-corrected chi connectivity index (χ2v) is 9.02. The Hall–Kier alpha value is -3.34. The number of anilines is 1. The van der Waals surface area contributed by atoms with Gasteiger partial charge in [-0.15, -0.1) is 0 Å². The predicted molar refractivity (Wildman–Crippen MR) is 121 cm³/mol. The summed E-state index contributed by atoms with van der Waals surface area (Å²) in [6.07, 6.45) is 1.98. The van der Waals surface area contributed by atoms with E-state index in [4.69, 9.17) is 9.47 Å². The molecule has 2 fully saturated rings. The number of methoxy groups -OCH3 is 2. The number of hydrogen-bond donors (Lipinski definition) is 3. The molecule has 0 radical (unpaired) electrons. The third-order valence-electron chi connectivity index (χ3n) is 5.76. The summed E-state index contributed by atoms with van der Waals surface area (Å²) in [6.45, 7) is 0.599. The van der Waals surface area contributed by atoms with E-state index in [1.807, 2.05) is 0 Å². The lowest BCUT2D eigenvalue weighted by molar-refractivity contribution is -0.117. The Morgan fingerprint density at radius 3 is 2.67 bits per heavy atom. The maximum Gasteiger partial charge on any atom is 0.407 e. The molecular formula is C22H26N4O6S. The molecule has 33 heavy (non-hydrogen) atoms. The highest BCUT2D eigenvalue weighted by molar-refractivity contribution is 7.16. The van der Waals surface area contributed by atoms with E-state index >= 15 is 0 Å². The van der Waals surface area contributed by atoms with Crippen LogP contribution in [0.4, 0.5) is 9.80 Å². The maximum absolute atomic E-state index is 13.1. The summed E-state index contributed by atoms with van der Waals surface area (Å²) < 4.78 is 10.6. The van der Waals surface area contributed by atoms with Gasteiger partial charge in [0.2, 0.25) is 5.91 Å². The van der Waals surface area contributed by atoms with Crippen molar-refractivity contribution in [2.24, 2.45) is 5.92 Å². The Morgan fingerprint density at radius 2 is 2.00 bits per heavy atom. The van der Waals surface area contributed by atoms with E-state index in [-0.39, 0.29) is 24.1 Å². The van der Waals surface area contributed by atoms with Crippen LogP contribution < -0.4 is 20.1 Å². The van der Waals surface area contributed by atoms with Crippen molar-refractivity contribution in [1.29, 1.82) is 0 Å². The minimum absolute atomic E-state index is 0.0444. The molecule has 0 unspecified atom stereocenters. The molecule has 1 aromatic heterocycles. The summed E-state index contributed by atoms with van der Waals surface area (Å²) in [5.41, 5.74) is 0.840. The highest BCUT2D eigenvalue weighted by Gasteiger charge is 2.35. The third-order valence-corrected chi connectivity index (χ3v) is 6.83. The first-order chi connectivity index (χ1) is 15.9. The Kier molecular flexibility index (Phi) is 6.68. The Balaban J connectivity index is 1.55. The molecule has 1 atom stereocenters. The maximum atomic E-state index is 13.1. The largest absolute Gasteiger partial charge is 0.497 e. The number of rotatable bonds is 8. The van der Waals surface area contributed by atoms with E-state index in [0.29, 0.717) is 34.5 Å². The number of hydrogen-bond acceptors (Lipinski definition) is 7. The summed E-state index contributed by atoms with van der Waals surface area (Å²) in [5.74, 6) is 0.561. The van der Waals surface area contributed by atoms with Crippen LogP contribution >= 0.6 is 11.3 Å². The normalized spacial score (nSPS) is 17.5. The van der Waals surface area contributed by atoms with Gasteiger partial charge in [0.15, 0.2) is 5.69 Å². The van der Waals surface area contributed by atoms with E-state index in [1.165, 1.54) is 12.0 Å². The van der Waals surface area contributed by atoms with Gasteiger partial charge in [0, 0.05) is 30.6 Å². The van der Waals surface area contributed by atoms with Gasteiger partial charge >= 0.3 is 6.09 Å². The molecule has 1 saturated carbocycles. The summed E-state index contributed by atoms with van der Waals surface area (Å²) in [5, 5.41) is 16.0. The average Bonchev–Trinajstić information content (AvgIpc) is 3.40. The molecule has 10 nitrogen and oxygen atoms in total. The van der Waals surface area contributed by atoms with Gasteiger partial charge in [0.1, 0.15) is 21.5 Å². The van der Waals surface area contributed by atoms with Crippen LogP contribution in [0.15, 0.2) is 18.2 Å². The second kappa shape index (κ2) is 9.65. The van der Waals surface area contributed by atoms with Gasteiger partial charge in [0.25, 0.3) is 5.91 Å². The first kappa shape index (κ1) is 22.8. The Morgan fingerprint density at radius 1 is 1.21 bits per heavy atom. The number of carboxylic acid groups (broad SMARTS) is 1. The fourth-order valence-electron chi connectivity index (χ4n) is 3.79. The molecule has 0 bridgehead atoms. The third kappa shape index (κ3) is 5.03. The minimum atomic E-state index is -1.02. The summed E-state index contributed by atoms with van der Waals surface area (Å²) in [7, 11) is 3.09. The predicted octanol–water partition coefficient (Wildman–Crippen LogP) is 3.25. The molecular weight excluding hydrogens is 448 g/mol. The van der Waals surface area contributed by atoms with Gasteiger partial charge in [-0.05, 0) is 37.8 Å². The van der Waals surface area contributed by atoms with Gasteiger partial charge < -0.3 is 25.2 Å². The number of ether oxygens (including phenoxy) is 2. The average molecular weight is 475 g/mol. The molecule has 0 spiro atoms. The molecule has 3 amide bonds. The minimum Gasteiger partial charge on any atom is -0.497 e. The second-order valence-electron chi connectivity index (χ2n) is 7.99. The summed E-state index contributed by atoms with van der Waals surface area (Å²) in [4.78, 5) is 42.8. The van der Waals surface area contributed by atoms with Crippen LogP contribution in [0.2, 0.25) is 0 Å². The Labute approximate surface area is 194 Å². The van der Waals surface area contributed by atoms with Crippen molar-refractivity contribution in [2.75, 3.05) is 26.1 Å². The van der Waals surface area contributed by atoms with Crippen molar-refractivity contribution in [3.05, 3.63) is 34.5 Å². The molecule has 3 N–H and O–H groups in total. The zero-order valence-corrected chi connectivity index (χ0v) is 19.2. The van der Waals surface area contributed by atoms with E-state index < -0.39 is 18.0 Å². The quantitative estimate of drug-likeness (QED) is 0.535. The lowest BCUT2D eigenvalue weighted by Crippen LogP contribution is -2.29. The van der Waals surface area contributed by atoms with Crippen LogP contribution in [0, 0.1) is 5.92 Å². The SMILES string of the molecule is COc1ccc(CNC(=O)c2nc([C@H]3CCCN3C(=O)O)sc2NC(=O)C2CC2)c(OC)c1. The van der Waals surface area contributed by atoms with E-state index in [1.54, 1.807) is 25.3 Å². The first-order valence-corrected chi connectivity index (χ1v) is 11.5. The first-order valence-electron chi connectivity index (χ1n) is 10.7. The molecule has 2 aromatic rings. The molecule has 1 aliphatic heterocycles. The van der Waals surface area contributed by atoms with Crippen molar-refractivity contribution in [1.82, 2.24) is 15.2 Å². The van der Waals surface area contributed by atoms with Gasteiger partial charge in [-0.1, -0.05) is 11.3 Å². The number of thiazole rings is 1. The van der Waals surface area contributed by atoms with Gasteiger partial charge in [-0.3, -0.25) is 14.5 Å². The highest BCUT2D eigenvalue weighted by atomic mass is 32.1. The number of nitrogens with one attached hydrogen (secondary N) is 2. The number of carbonyl (C=O) groups is 3. The van der Waals surface area contributed by atoms with Gasteiger partial charge in [0.05, 0.1) is 20.3 Å². The number of benzene rings is 1. The van der Waals surface area contributed by atoms with Crippen LogP contribution in [0.5, 0.6) is 11.5 Å². The standard InChI is InChI=1S/C22H26N4O6S/c1-31-14-8-7-13(16(10-14)32-2)11-23-19(28)17-21(25-18(27)12-5-6-12)33-20(24-17)15-4-3-9-26(15)22(29)30/h7-8,10,12,15H,3-6,9,11H2,1-2H3,(H,23,28)(H,25,27)(H,29,30)/t15-/m1/s1. The molecule has 1 aromatic carbocycles. The Bertz CT molecular complexity index is 1070. The zero-order valence-electron chi connectivity index (χ0n) is 18.4. The van der Waals surface area contributed by atoms with E-state index in [2.05, 4.69) is 15.6 Å². The number of carbonyl (C=O) groups excluding carboxylic acids is 2. The lowest BCUT2D eigenvalue weighted by atomic mass is 10.2. The van der Waals surface area contributed by atoms with E-state index in [0.717, 1.165) is 36.2 Å². The van der Waals surface area contributed by atoms with Crippen molar-refractivity contribution in [2.45, 2.75) is 38.3 Å². The van der Waals surface area contributed by atoms with E-state index in [9.17, 15) is 19.5 Å². The summed E-state index contributed by atoms with van der Waals surface area (Å²) >= 11 is 1.16. The fraction of sp³-hybridized carbons (Fsp3) is 0.455.